The quantitative estimate of drug-likeness (QED) is 0.461. The van der Waals surface area contributed by atoms with Gasteiger partial charge >= 0.3 is 0 Å². The summed E-state index contributed by atoms with van der Waals surface area (Å²) in [5, 5.41) is 2.40. The fourth-order valence-corrected chi connectivity index (χ4v) is 0.836. The van der Waals surface area contributed by atoms with Gasteiger partial charge in [-0.05, 0) is 15.9 Å². The van der Waals surface area contributed by atoms with Crippen LogP contribution < -0.4 is 0 Å². The molecule has 0 radical (unpaired) electrons. The zero-order chi connectivity index (χ0) is 6.69. The van der Waals surface area contributed by atoms with Crippen molar-refractivity contribution in [3.05, 3.63) is 4.91 Å². The lowest BCUT2D eigenvalue weighted by atomic mass is 10.3. The Labute approximate surface area is 60.6 Å². The van der Waals surface area contributed by atoms with E-state index in [0.717, 1.165) is 0 Å². The highest BCUT2D eigenvalue weighted by atomic mass is 79.9. The number of alkyl halides is 1. The van der Waals surface area contributed by atoms with Gasteiger partial charge in [0.2, 0.25) is 5.20 Å². The number of halogens is 1. The van der Waals surface area contributed by atoms with Crippen LogP contribution in [-0.2, 0) is 9.47 Å². The summed E-state index contributed by atoms with van der Waals surface area (Å²) in [6.45, 7) is 0.693. The maximum absolute atomic E-state index is 9.84. The molecule has 0 amide bonds. The van der Waals surface area contributed by atoms with Gasteiger partial charge in [0.15, 0.2) is 0 Å². The molecule has 0 saturated carbocycles. The van der Waals surface area contributed by atoms with E-state index in [9.17, 15) is 4.91 Å². The van der Waals surface area contributed by atoms with Crippen molar-refractivity contribution in [1.82, 2.24) is 0 Å². The standard InChI is InChI=1S/C4H6BrNO3/c5-4-8-1-3(6-7)2-9-4/h3-4H,1-2H2. The molecule has 4 nitrogen and oxygen atoms in total. The molecule has 9 heavy (non-hydrogen) atoms. The smallest absolute Gasteiger partial charge is 0.215 e. The normalized spacial score (nSPS) is 36.1. The van der Waals surface area contributed by atoms with Crippen molar-refractivity contribution in [2.45, 2.75) is 11.2 Å². The molecule has 0 aromatic heterocycles. The van der Waals surface area contributed by atoms with Gasteiger partial charge in [-0.15, -0.1) is 0 Å². The lowest BCUT2D eigenvalue weighted by Crippen LogP contribution is -2.30. The van der Waals surface area contributed by atoms with Gasteiger partial charge in [-0.1, -0.05) is 5.18 Å². The summed E-state index contributed by atoms with van der Waals surface area (Å²) in [5.41, 5.74) is 0. The Balaban J connectivity index is 2.26. The minimum atomic E-state index is -0.365. The lowest BCUT2D eigenvalue weighted by molar-refractivity contribution is -0.127. The number of rotatable bonds is 1. The molecule has 0 atom stereocenters. The van der Waals surface area contributed by atoms with Gasteiger partial charge in [0.05, 0.1) is 13.2 Å². The molecule has 1 aliphatic rings. The van der Waals surface area contributed by atoms with Gasteiger partial charge in [-0.2, -0.15) is 4.91 Å². The van der Waals surface area contributed by atoms with Crippen LogP contribution >= 0.6 is 15.9 Å². The van der Waals surface area contributed by atoms with Crippen LogP contribution in [0.2, 0.25) is 0 Å². The summed E-state index contributed by atoms with van der Waals surface area (Å²) < 4.78 is 9.76. The Morgan fingerprint density at radius 2 is 2.00 bits per heavy atom. The monoisotopic (exact) mass is 195 g/mol. The molecule has 1 fully saturated rings. The van der Waals surface area contributed by atoms with E-state index in [-0.39, 0.29) is 11.2 Å². The Morgan fingerprint density at radius 1 is 1.44 bits per heavy atom. The number of hydrogen-bond acceptors (Lipinski definition) is 4. The first-order valence-electron chi connectivity index (χ1n) is 2.52. The summed E-state index contributed by atoms with van der Waals surface area (Å²) in [6.07, 6.45) is 0. The van der Waals surface area contributed by atoms with Gasteiger partial charge < -0.3 is 9.47 Å². The van der Waals surface area contributed by atoms with Crippen LogP contribution in [-0.4, -0.2) is 24.5 Å². The van der Waals surface area contributed by atoms with Gasteiger partial charge in [0, 0.05) is 0 Å². The predicted molar refractivity (Wildman–Crippen MR) is 34.2 cm³/mol. The summed E-state index contributed by atoms with van der Waals surface area (Å²) >= 11 is 3.06. The highest BCUT2D eigenvalue weighted by molar-refractivity contribution is 9.09. The Morgan fingerprint density at radius 3 is 2.44 bits per heavy atom. The molecule has 0 N–H and O–H groups in total. The lowest BCUT2D eigenvalue weighted by Gasteiger charge is -2.20. The Hall–Kier alpha value is -0.0000000000000000208. The van der Waals surface area contributed by atoms with Crippen molar-refractivity contribution in [2.24, 2.45) is 5.18 Å². The van der Waals surface area contributed by atoms with E-state index in [0.29, 0.717) is 13.2 Å². The molecular weight excluding hydrogens is 190 g/mol. The minimum absolute atomic E-state index is 0.334. The van der Waals surface area contributed by atoms with Crippen LogP contribution in [0.15, 0.2) is 5.18 Å². The summed E-state index contributed by atoms with van der Waals surface area (Å²) in [7, 11) is 0. The second-order valence-corrected chi connectivity index (χ2v) is 2.45. The number of hydrogen-bond donors (Lipinski definition) is 0. The van der Waals surface area contributed by atoms with E-state index in [4.69, 9.17) is 9.47 Å². The van der Waals surface area contributed by atoms with Gasteiger partial charge in [-0.25, -0.2) is 0 Å². The summed E-state index contributed by atoms with van der Waals surface area (Å²) in [5.74, 6) is 0. The maximum Gasteiger partial charge on any atom is 0.215 e. The SMILES string of the molecule is O=NC1COC(Br)OC1. The van der Waals surface area contributed by atoms with Crippen molar-refractivity contribution in [1.29, 1.82) is 0 Å². The average Bonchev–Trinajstić information content (AvgIpc) is 1.90. The molecule has 0 aromatic rings. The van der Waals surface area contributed by atoms with E-state index in [1.165, 1.54) is 0 Å². The molecule has 1 rings (SSSR count). The van der Waals surface area contributed by atoms with Gasteiger partial charge in [0.1, 0.15) is 6.04 Å². The highest BCUT2D eigenvalue weighted by Gasteiger charge is 2.19. The first-order valence-corrected chi connectivity index (χ1v) is 3.44. The van der Waals surface area contributed by atoms with Crippen LogP contribution in [0.4, 0.5) is 0 Å². The first kappa shape index (κ1) is 7.11. The first-order chi connectivity index (χ1) is 4.33. The van der Waals surface area contributed by atoms with Crippen molar-refractivity contribution in [2.75, 3.05) is 13.2 Å². The molecule has 0 unspecified atom stereocenters. The highest BCUT2D eigenvalue weighted by Crippen LogP contribution is 2.12. The van der Waals surface area contributed by atoms with Crippen molar-refractivity contribution < 1.29 is 9.47 Å². The third-order valence-corrected chi connectivity index (χ3v) is 1.52. The van der Waals surface area contributed by atoms with Crippen LogP contribution in [0.3, 0.4) is 0 Å². The van der Waals surface area contributed by atoms with E-state index in [2.05, 4.69) is 21.1 Å². The average molecular weight is 196 g/mol. The fraction of sp³-hybridized carbons (Fsp3) is 1.00. The molecule has 1 saturated heterocycles. The van der Waals surface area contributed by atoms with Crippen LogP contribution in [0.25, 0.3) is 0 Å². The second kappa shape index (κ2) is 3.24. The molecule has 1 heterocycles. The molecular formula is C4H6BrNO3. The number of nitroso groups, excluding NO2 is 1. The van der Waals surface area contributed by atoms with E-state index in [1.54, 1.807) is 0 Å². The molecule has 5 heteroatoms. The second-order valence-electron chi connectivity index (χ2n) is 1.70. The molecule has 0 aromatic carbocycles. The van der Waals surface area contributed by atoms with Crippen molar-refractivity contribution in [3.8, 4) is 0 Å². The van der Waals surface area contributed by atoms with E-state index in [1.807, 2.05) is 0 Å². The zero-order valence-electron chi connectivity index (χ0n) is 4.62. The van der Waals surface area contributed by atoms with Crippen LogP contribution in [0.1, 0.15) is 0 Å². The fourth-order valence-electron chi connectivity index (χ4n) is 0.531. The Kier molecular flexibility index (Phi) is 2.56. The maximum atomic E-state index is 9.84. The summed E-state index contributed by atoms with van der Waals surface area (Å²) in [4.78, 5) is 9.84. The zero-order valence-corrected chi connectivity index (χ0v) is 6.20. The molecule has 52 valence electrons. The van der Waals surface area contributed by atoms with Crippen molar-refractivity contribution >= 4 is 15.9 Å². The topological polar surface area (TPSA) is 47.9 Å². The molecule has 0 bridgehead atoms. The number of nitrogens with zero attached hydrogens (tertiary/aromatic N) is 1. The predicted octanol–water partition coefficient (Wildman–Crippen LogP) is 0.847. The van der Waals surface area contributed by atoms with Crippen LogP contribution in [0, 0.1) is 4.91 Å². The van der Waals surface area contributed by atoms with Crippen LogP contribution in [0.5, 0.6) is 0 Å². The molecule has 0 aliphatic carbocycles. The van der Waals surface area contributed by atoms with Gasteiger partial charge in [-0.3, -0.25) is 0 Å². The summed E-state index contributed by atoms with van der Waals surface area (Å²) in [6, 6.07) is -0.334. The third kappa shape index (κ3) is 2.00. The van der Waals surface area contributed by atoms with E-state index >= 15 is 0 Å². The Bertz CT molecular complexity index is 102. The number of ether oxygens (including phenoxy) is 2. The van der Waals surface area contributed by atoms with Crippen molar-refractivity contribution in [3.63, 3.8) is 0 Å². The molecule has 0 spiro atoms. The molecule has 1 aliphatic heterocycles. The largest absolute Gasteiger partial charge is 0.341 e. The minimum Gasteiger partial charge on any atom is -0.341 e. The van der Waals surface area contributed by atoms with E-state index < -0.39 is 0 Å². The third-order valence-electron chi connectivity index (χ3n) is 0.988. The van der Waals surface area contributed by atoms with Gasteiger partial charge in [0.25, 0.3) is 0 Å².